The first-order valence-corrected chi connectivity index (χ1v) is 8.53. The van der Waals surface area contributed by atoms with Crippen molar-refractivity contribution in [2.45, 2.75) is 5.16 Å². The van der Waals surface area contributed by atoms with Gasteiger partial charge in [0.1, 0.15) is 17.0 Å². The van der Waals surface area contributed by atoms with Crippen molar-refractivity contribution in [3.8, 4) is 11.5 Å². The van der Waals surface area contributed by atoms with E-state index in [4.69, 9.17) is 9.47 Å². The lowest BCUT2D eigenvalue weighted by atomic mass is 10.2. The number of nitrogens with zero attached hydrogens (tertiary/aromatic N) is 3. The fourth-order valence-corrected chi connectivity index (χ4v) is 3.13. The van der Waals surface area contributed by atoms with E-state index in [9.17, 15) is 4.79 Å². The summed E-state index contributed by atoms with van der Waals surface area (Å²) in [5.74, 6) is 1.29. The van der Waals surface area contributed by atoms with E-state index >= 15 is 0 Å². The third kappa shape index (κ3) is 3.69. The number of hydrogen-bond donors (Lipinski definition) is 1. The quantitative estimate of drug-likeness (QED) is 0.683. The molecule has 0 radical (unpaired) electrons. The minimum absolute atomic E-state index is 0.145. The summed E-state index contributed by atoms with van der Waals surface area (Å²) >= 11 is 1.36. The zero-order valence-electron chi connectivity index (χ0n) is 14.1. The van der Waals surface area contributed by atoms with Crippen molar-refractivity contribution in [3.63, 3.8) is 0 Å². The summed E-state index contributed by atoms with van der Waals surface area (Å²) in [6.07, 6.45) is 1.72. The Kier molecular flexibility index (Phi) is 5.08. The van der Waals surface area contributed by atoms with Gasteiger partial charge in [-0.25, -0.2) is 9.97 Å². The van der Waals surface area contributed by atoms with Crippen LogP contribution < -0.4 is 14.8 Å². The van der Waals surface area contributed by atoms with Gasteiger partial charge >= 0.3 is 0 Å². The smallest absolute Gasteiger partial charge is 0.234 e. The molecule has 0 bridgehead atoms. The monoisotopic (exact) mass is 358 g/mol. The van der Waals surface area contributed by atoms with E-state index in [1.54, 1.807) is 38.6 Å². The molecule has 0 spiro atoms. The molecule has 25 heavy (non-hydrogen) atoms. The molecule has 2 aromatic heterocycles. The highest BCUT2D eigenvalue weighted by Crippen LogP contribution is 2.29. The van der Waals surface area contributed by atoms with Crippen molar-refractivity contribution in [3.05, 3.63) is 36.5 Å². The molecule has 3 rings (SSSR count). The Hall–Kier alpha value is -2.74. The highest BCUT2D eigenvalue weighted by Gasteiger charge is 2.13. The number of anilines is 1. The van der Waals surface area contributed by atoms with Crippen LogP contribution in [0.15, 0.2) is 41.7 Å². The van der Waals surface area contributed by atoms with Crippen LogP contribution >= 0.6 is 11.8 Å². The van der Waals surface area contributed by atoms with E-state index < -0.39 is 0 Å². The standard InChI is InChI=1S/C17H18N4O3S/c1-21-16-13(5-4-8-18-16)20-17(21)25-10-15(22)19-12-7-6-11(23-2)9-14(12)24-3/h4-9H,10H2,1-3H3,(H,19,22). The number of nitrogens with one attached hydrogen (secondary N) is 1. The lowest BCUT2D eigenvalue weighted by molar-refractivity contribution is -0.113. The largest absolute Gasteiger partial charge is 0.497 e. The second-order valence-corrected chi connectivity index (χ2v) is 6.15. The Bertz CT molecular complexity index is 910. The third-order valence-electron chi connectivity index (χ3n) is 3.60. The number of carbonyl (C=O) groups excluding carboxylic acids is 1. The van der Waals surface area contributed by atoms with Gasteiger partial charge in [0.25, 0.3) is 0 Å². The fraction of sp³-hybridized carbons (Fsp3) is 0.235. The normalized spacial score (nSPS) is 10.7. The first kappa shape index (κ1) is 17.1. The maximum atomic E-state index is 12.3. The highest BCUT2D eigenvalue weighted by molar-refractivity contribution is 7.99. The number of hydrogen-bond acceptors (Lipinski definition) is 6. The summed E-state index contributed by atoms with van der Waals surface area (Å²) in [5, 5.41) is 3.58. The van der Waals surface area contributed by atoms with Crippen molar-refractivity contribution in [2.75, 3.05) is 25.3 Å². The van der Waals surface area contributed by atoms with Crippen LogP contribution in [0.4, 0.5) is 5.69 Å². The number of carbonyl (C=O) groups is 1. The van der Waals surface area contributed by atoms with Gasteiger partial charge in [-0.1, -0.05) is 11.8 Å². The van der Waals surface area contributed by atoms with Crippen molar-refractivity contribution in [2.24, 2.45) is 7.05 Å². The van der Waals surface area contributed by atoms with Gasteiger partial charge in [0.15, 0.2) is 10.8 Å². The number of methoxy groups -OCH3 is 2. The Morgan fingerprint density at radius 2 is 2.12 bits per heavy atom. The predicted octanol–water partition coefficient (Wildman–Crippen LogP) is 2.72. The summed E-state index contributed by atoms with van der Waals surface area (Å²) in [6, 6.07) is 8.97. The second-order valence-electron chi connectivity index (χ2n) is 5.20. The molecule has 7 nitrogen and oxygen atoms in total. The number of rotatable bonds is 6. The van der Waals surface area contributed by atoms with Gasteiger partial charge in [-0.2, -0.15) is 0 Å². The van der Waals surface area contributed by atoms with Gasteiger partial charge in [0.05, 0.1) is 25.7 Å². The number of ether oxygens (including phenoxy) is 2. The molecule has 0 atom stereocenters. The van der Waals surface area contributed by atoms with Crippen LogP contribution in [0, 0.1) is 0 Å². The number of imidazole rings is 1. The summed E-state index contributed by atoms with van der Waals surface area (Å²) in [7, 11) is 5.01. The van der Waals surface area contributed by atoms with Gasteiger partial charge in [0, 0.05) is 19.3 Å². The maximum Gasteiger partial charge on any atom is 0.234 e. The SMILES string of the molecule is COc1ccc(NC(=O)CSc2nc3cccnc3n2C)c(OC)c1. The number of aryl methyl sites for hydroxylation is 1. The number of aromatic nitrogens is 3. The van der Waals surface area contributed by atoms with E-state index in [1.807, 2.05) is 23.7 Å². The molecule has 0 fully saturated rings. The average Bonchev–Trinajstić information content (AvgIpc) is 2.96. The van der Waals surface area contributed by atoms with Crippen LogP contribution in [0.25, 0.3) is 11.2 Å². The minimum Gasteiger partial charge on any atom is -0.497 e. The Balaban J connectivity index is 1.67. The first-order chi connectivity index (χ1) is 12.1. The lowest BCUT2D eigenvalue weighted by Crippen LogP contribution is -2.15. The van der Waals surface area contributed by atoms with Crippen LogP contribution in [0.5, 0.6) is 11.5 Å². The van der Waals surface area contributed by atoms with Crippen molar-refractivity contribution in [1.29, 1.82) is 0 Å². The fourth-order valence-electron chi connectivity index (χ4n) is 2.35. The number of pyridine rings is 1. The molecule has 0 saturated carbocycles. The van der Waals surface area contributed by atoms with Crippen LogP contribution in [0.1, 0.15) is 0 Å². The Morgan fingerprint density at radius 3 is 2.84 bits per heavy atom. The first-order valence-electron chi connectivity index (χ1n) is 7.54. The van der Waals surface area contributed by atoms with Gasteiger partial charge in [-0.05, 0) is 24.3 Å². The Morgan fingerprint density at radius 1 is 1.28 bits per heavy atom. The second kappa shape index (κ2) is 7.43. The van der Waals surface area contributed by atoms with Gasteiger partial charge in [0.2, 0.25) is 5.91 Å². The lowest BCUT2D eigenvalue weighted by Gasteiger charge is -2.11. The molecule has 2 heterocycles. The van der Waals surface area contributed by atoms with Crippen LogP contribution in [0.2, 0.25) is 0 Å². The molecule has 8 heteroatoms. The molecule has 1 aromatic carbocycles. The predicted molar refractivity (Wildman–Crippen MR) is 97.4 cm³/mol. The molecule has 1 amide bonds. The summed E-state index contributed by atoms with van der Waals surface area (Å²) in [4.78, 5) is 21.0. The van der Waals surface area contributed by atoms with E-state index in [0.29, 0.717) is 17.2 Å². The summed E-state index contributed by atoms with van der Waals surface area (Å²) in [6.45, 7) is 0. The molecule has 0 unspecified atom stereocenters. The zero-order valence-corrected chi connectivity index (χ0v) is 15.0. The van der Waals surface area contributed by atoms with Crippen LogP contribution in [-0.4, -0.2) is 40.4 Å². The van der Waals surface area contributed by atoms with E-state index in [2.05, 4.69) is 15.3 Å². The van der Waals surface area contributed by atoms with Gasteiger partial charge in [-0.15, -0.1) is 0 Å². The number of fused-ring (bicyclic) bond motifs is 1. The molecule has 0 aliphatic carbocycles. The maximum absolute atomic E-state index is 12.3. The molecule has 130 valence electrons. The van der Waals surface area contributed by atoms with E-state index in [-0.39, 0.29) is 11.7 Å². The molecule has 0 aliphatic heterocycles. The zero-order chi connectivity index (χ0) is 17.8. The summed E-state index contributed by atoms with van der Waals surface area (Å²) < 4.78 is 12.3. The molecule has 0 saturated heterocycles. The van der Waals surface area contributed by atoms with Gasteiger partial charge in [-0.3, -0.25) is 4.79 Å². The van der Waals surface area contributed by atoms with Crippen molar-refractivity contribution < 1.29 is 14.3 Å². The summed E-state index contributed by atoms with van der Waals surface area (Å²) in [5.41, 5.74) is 2.20. The number of amides is 1. The van der Waals surface area contributed by atoms with Gasteiger partial charge < -0.3 is 19.4 Å². The number of benzene rings is 1. The average molecular weight is 358 g/mol. The van der Waals surface area contributed by atoms with E-state index in [0.717, 1.165) is 16.3 Å². The molecule has 0 aliphatic rings. The van der Waals surface area contributed by atoms with Crippen molar-refractivity contribution >= 4 is 34.5 Å². The minimum atomic E-state index is -0.145. The molecule has 1 N–H and O–H groups in total. The third-order valence-corrected chi connectivity index (χ3v) is 4.63. The topological polar surface area (TPSA) is 78.3 Å². The van der Waals surface area contributed by atoms with Crippen molar-refractivity contribution in [1.82, 2.24) is 14.5 Å². The molecular formula is C17H18N4O3S. The Labute approximate surface area is 149 Å². The van der Waals surface area contributed by atoms with Crippen LogP contribution in [-0.2, 0) is 11.8 Å². The molecular weight excluding hydrogens is 340 g/mol. The van der Waals surface area contributed by atoms with Crippen LogP contribution in [0.3, 0.4) is 0 Å². The van der Waals surface area contributed by atoms with E-state index in [1.165, 1.54) is 11.8 Å². The highest BCUT2D eigenvalue weighted by atomic mass is 32.2. The number of thioether (sulfide) groups is 1. The molecule has 3 aromatic rings.